The van der Waals surface area contributed by atoms with Crippen LogP contribution in [0.1, 0.15) is 35.6 Å². The van der Waals surface area contributed by atoms with Crippen LogP contribution in [0.2, 0.25) is 0 Å². The molecule has 1 unspecified atom stereocenters. The zero-order chi connectivity index (χ0) is 15.4. The number of hydrogen-bond donors (Lipinski definition) is 1. The zero-order valence-electron chi connectivity index (χ0n) is 13.4. The van der Waals surface area contributed by atoms with E-state index in [2.05, 4.69) is 64.1 Å². The Balaban J connectivity index is 2.15. The lowest BCUT2D eigenvalue weighted by atomic mass is 10.0. The van der Waals surface area contributed by atoms with E-state index in [0.29, 0.717) is 0 Å². The van der Waals surface area contributed by atoms with Crippen LogP contribution in [-0.2, 0) is 6.42 Å². The van der Waals surface area contributed by atoms with Crippen LogP contribution >= 0.6 is 11.8 Å². The third-order valence-electron chi connectivity index (χ3n) is 3.97. The second kappa shape index (κ2) is 7.15. The van der Waals surface area contributed by atoms with Gasteiger partial charge in [0, 0.05) is 15.8 Å². The van der Waals surface area contributed by atoms with E-state index in [1.165, 1.54) is 32.0 Å². The van der Waals surface area contributed by atoms with Crippen molar-refractivity contribution in [3.05, 3.63) is 58.7 Å². The minimum atomic E-state index is 0.266. The van der Waals surface area contributed by atoms with Gasteiger partial charge in [0.2, 0.25) is 0 Å². The Bertz CT molecular complexity index is 619. The van der Waals surface area contributed by atoms with Crippen molar-refractivity contribution in [2.24, 2.45) is 5.73 Å². The van der Waals surface area contributed by atoms with Crippen molar-refractivity contribution in [1.82, 2.24) is 0 Å². The van der Waals surface area contributed by atoms with E-state index in [9.17, 15) is 0 Å². The molecule has 0 saturated carbocycles. The summed E-state index contributed by atoms with van der Waals surface area (Å²) in [6, 6.07) is 13.6. The predicted octanol–water partition coefficient (Wildman–Crippen LogP) is 5.04. The molecule has 0 saturated heterocycles. The lowest BCUT2D eigenvalue weighted by Gasteiger charge is -2.12. The molecule has 0 amide bonds. The first-order valence-corrected chi connectivity index (χ1v) is 8.41. The van der Waals surface area contributed by atoms with E-state index in [1.807, 2.05) is 11.8 Å². The lowest BCUT2D eigenvalue weighted by Crippen LogP contribution is -2.21. The molecule has 2 rings (SSSR count). The normalized spacial score (nSPS) is 12.4. The summed E-state index contributed by atoms with van der Waals surface area (Å²) in [7, 11) is 0. The van der Waals surface area contributed by atoms with Crippen LogP contribution in [-0.4, -0.2) is 6.04 Å². The van der Waals surface area contributed by atoms with Gasteiger partial charge >= 0.3 is 0 Å². The van der Waals surface area contributed by atoms with Crippen molar-refractivity contribution in [3.8, 4) is 0 Å². The maximum absolute atomic E-state index is 6.04. The van der Waals surface area contributed by atoms with Crippen LogP contribution in [0.3, 0.4) is 0 Å². The van der Waals surface area contributed by atoms with E-state index in [0.717, 1.165) is 12.8 Å². The first kappa shape index (κ1) is 16.1. The molecular weight excluding hydrogens is 274 g/mol. The molecule has 0 aromatic heterocycles. The van der Waals surface area contributed by atoms with Gasteiger partial charge in [0.1, 0.15) is 0 Å². The average Bonchev–Trinajstić information content (AvgIpc) is 2.45. The molecule has 112 valence electrons. The topological polar surface area (TPSA) is 26.0 Å². The largest absolute Gasteiger partial charge is 0.327 e. The summed E-state index contributed by atoms with van der Waals surface area (Å²) in [4.78, 5) is 2.63. The molecular formula is C19H25NS. The van der Waals surface area contributed by atoms with Crippen LogP contribution in [0, 0.1) is 20.8 Å². The fraction of sp³-hybridized carbons (Fsp3) is 0.368. The highest BCUT2D eigenvalue weighted by Gasteiger charge is 2.06. The van der Waals surface area contributed by atoms with Crippen LogP contribution in [0.4, 0.5) is 0 Å². The fourth-order valence-corrected chi connectivity index (χ4v) is 3.29. The summed E-state index contributed by atoms with van der Waals surface area (Å²) in [5, 5.41) is 0. The van der Waals surface area contributed by atoms with E-state index in [-0.39, 0.29) is 6.04 Å². The lowest BCUT2D eigenvalue weighted by molar-refractivity contribution is 0.646. The van der Waals surface area contributed by atoms with Gasteiger partial charge in [-0.15, -0.1) is 0 Å². The maximum atomic E-state index is 6.04. The number of nitrogens with two attached hydrogens (primary N) is 1. The summed E-state index contributed by atoms with van der Waals surface area (Å²) in [6.45, 7) is 8.65. The fourth-order valence-electron chi connectivity index (χ4n) is 2.30. The first-order chi connectivity index (χ1) is 9.99. The second-order valence-electron chi connectivity index (χ2n) is 5.82. The summed E-state index contributed by atoms with van der Waals surface area (Å²) >= 11 is 1.84. The summed E-state index contributed by atoms with van der Waals surface area (Å²) in [5.74, 6) is 0. The Labute approximate surface area is 133 Å². The van der Waals surface area contributed by atoms with Gasteiger partial charge in [0.05, 0.1) is 0 Å². The molecule has 21 heavy (non-hydrogen) atoms. The van der Waals surface area contributed by atoms with Gasteiger partial charge in [-0.25, -0.2) is 0 Å². The Hall–Kier alpha value is -1.25. The van der Waals surface area contributed by atoms with E-state index >= 15 is 0 Å². The Kier molecular flexibility index (Phi) is 5.49. The monoisotopic (exact) mass is 299 g/mol. The smallest absolute Gasteiger partial charge is 0.0151 e. The SMILES string of the molecule is CCC(N)Cc1ccc(Sc2ccc(C)c(C)c2)c(C)c1. The van der Waals surface area contributed by atoms with Crippen molar-refractivity contribution in [2.45, 2.75) is 56.4 Å². The Morgan fingerprint density at radius 3 is 2.33 bits per heavy atom. The van der Waals surface area contributed by atoms with Gasteiger partial charge < -0.3 is 5.73 Å². The van der Waals surface area contributed by atoms with Gasteiger partial charge in [-0.2, -0.15) is 0 Å². The maximum Gasteiger partial charge on any atom is 0.0151 e. The van der Waals surface area contributed by atoms with Gasteiger partial charge in [0.25, 0.3) is 0 Å². The molecule has 1 atom stereocenters. The first-order valence-electron chi connectivity index (χ1n) is 7.59. The molecule has 2 aromatic rings. The third-order valence-corrected chi connectivity index (χ3v) is 5.14. The van der Waals surface area contributed by atoms with E-state index in [1.54, 1.807) is 0 Å². The number of aryl methyl sites for hydroxylation is 3. The summed E-state index contributed by atoms with van der Waals surface area (Å²) < 4.78 is 0. The van der Waals surface area contributed by atoms with Gasteiger partial charge in [-0.1, -0.05) is 36.9 Å². The summed E-state index contributed by atoms with van der Waals surface area (Å²) in [6.07, 6.45) is 1.99. The van der Waals surface area contributed by atoms with Gasteiger partial charge in [0.15, 0.2) is 0 Å². The predicted molar refractivity (Wildman–Crippen MR) is 93.2 cm³/mol. The molecule has 0 aliphatic heterocycles. The van der Waals surface area contributed by atoms with Crippen molar-refractivity contribution >= 4 is 11.8 Å². The van der Waals surface area contributed by atoms with Crippen LogP contribution in [0.15, 0.2) is 46.2 Å². The van der Waals surface area contributed by atoms with Crippen molar-refractivity contribution in [3.63, 3.8) is 0 Å². The molecule has 0 bridgehead atoms. The van der Waals surface area contributed by atoms with Crippen molar-refractivity contribution in [2.75, 3.05) is 0 Å². The number of benzene rings is 2. The minimum Gasteiger partial charge on any atom is -0.327 e. The van der Waals surface area contributed by atoms with Crippen molar-refractivity contribution < 1.29 is 0 Å². The molecule has 1 nitrogen and oxygen atoms in total. The molecule has 2 aromatic carbocycles. The molecule has 0 spiro atoms. The van der Waals surface area contributed by atoms with Crippen LogP contribution in [0.5, 0.6) is 0 Å². The van der Waals surface area contributed by atoms with Gasteiger partial charge in [-0.3, -0.25) is 0 Å². The highest BCUT2D eigenvalue weighted by atomic mass is 32.2. The Morgan fingerprint density at radius 1 is 0.952 bits per heavy atom. The quantitative estimate of drug-likeness (QED) is 0.836. The molecule has 0 radical (unpaired) electrons. The average molecular weight is 299 g/mol. The molecule has 0 aliphatic rings. The molecule has 0 heterocycles. The highest BCUT2D eigenvalue weighted by molar-refractivity contribution is 7.99. The molecule has 2 N–H and O–H groups in total. The molecule has 0 aliphatic carbocycles. The Morgan fingerprint density at radius 2 is 1.71 bits per heavy atom. The zero-order valence-corrected chi connectivity index (χ0v) is 14.3. The number of hydrogen-bond acceptors (Lipinski definition) is 2. The van der Waals surface area contributed by atoms with E-state index in [4.69, 9.17) is 5.73 Å². The van der Waals surface area contributed by atoms with Gasteiger partial charge in [-0.05, 0) is 74.1 Å². The second-order valence-corrected chi connectivity index (χ2v) is 6.94. The molecule has 0 fully saturated rings. The van der Waals surface area contributed by atoms with Crippen LogP contribution < -0.4 is 5.73 Å². The highest BCUT2D eigenvalue weighted by Crippen LogP contribution is 2.32. The third kappa shape index (κ3) is 4.36. The minimum absolute atomic E-state index is 0.266. The standard InChI is InChI=1S/C19H25NS/c1-5-17(20)12-16-7-9-19(15(4)10-16)21-18-8-6-13(2)14(3)11-18/h6-11,17H,5,12,20H2,1-4H3. The van der Waals surface area contributed by atoms with Crippen LogP contribution in [0.25, 0.3) is 0 Å². The van der Waals surface area contributed by atoms with E-state index < -0.39 is 0 Å². The van der Waals surface area contributed by atoms with Crippen molar-refractivity contribution in [1.29, 1.82) is 0 Å². The summed E-state index contributed by atoms with van der Waals surface area (Å²) in [5.41, 5.74) is 11.4. The number of rotatable bonds is 5. The molecule has 2 heteroatoms.